The first kappa shape index (κ1) is 87.0. The molecule has 0 aliphatic carbocycles. The predicted molar refractivity (Wildman–Crippen MR) is 370 cm³/mol. The van der Waals surface area contributed by atoms with Crippen molar-refractivity contribution in [3.8, 4) is 0 Å². The lowest BCUT2D eigenvalue weighted by atomic mass is 9.96. The number of carbonyl (C=O) groups is 1. The van der Waals surface area contributed by atoms with Crippen LogP contribution in [0.3, 0.4) is 0 Å². The van der Waals surface area contributed by atoms with Crippen LogP contribution in [-0.4, -0.2) is 193 Å². The standard InChI is InChI=1S/C75H145NO18/c1-3-5-7-9-11-13-15-17-19-21-23-25-26-27-28-29-30-31-33-35-37-39-41-43-45-47-49-51-53-63(81)76-58(59(80)52-50-48-46-44-42-40-38-36-34-32-24-22-20-18-16-14-12-10-8-6-4-2)57-89-73-69(87)66(84)71(61(55-78)91-73)94-75-70(88)67(85)72(62(56-79)92-75)93-74-68(86)65(83)64(82)60(54-77)90-74/h58-62,64-75,77-80,82-88H,3-57H2,1-2H3,(H,76,81). The monoisotopic (exact) mass is 1350 g/mol. The highest BCUT2D eigenvalue weighted by Gasteiger charge is 2.54. The number of ether oxygens (including phenoxy) is 6. The number of hydrogen-bond acceptors (Lipinski definition) is 18. The summed E-state index contributed by atoms with van der Waals surface area (Å²) in [7, 11) is 0. The zero-order chi connectivity index (χ0) is 68.2. The van der Waals surface area contributed by atoms with Gasteiger partial charge in [0, 0.05) is 6.42 Å². The first-order valence-corrected chi connectivity index (χ1v) is 39.3. The fraction of sp³-hybridized carbons (Fsp3) is 0.987. The normalized spacial score (nSPS) is 27.3. The van der Waals surface area contributed by atoms with E-state index >= 15 is 0 Å². The average Bonchev–Trinajstić information content (AvgIpc) is 0.787. The highest BCUT2D eigenvalue weighted by molar-refractivity contribution is 5.76. The fourth-order valence-corrected chi connectivity index (χ4v) is 13.8. The minimum atomic E-state index is -1.97. The van der Waals surface area contributed by atoms with Gasteiger partial charge in [-0.2, -0.15) is 0 Å². The first-order valence-electron chi connectivity index (χ1n) is 39.3. The molecule has 3 heterocycles. The van der Waals surface area contributed by atoms with E-state index in [0.29, 0.717) is 12.8 Å². The van der Waals surface area contributed by atoms with E-state index in [2.05, 4.69) is 19.2 Å². The minimum Gasteiger partial charge on any atom is -0.394 e. The van der Waals surface area contributed by atoms with Gasteiger partial charge in [-0.25, -0.2) is 0 Å². The fourth-order valence-electron chi connectivity index (χ4n) is 13.8. The molecule has 0 spiro atoms. The second kappa shape index (κ2) is 57.4. The summed E-state index contributed by atoms with van der Waals surface area (Å²) in [5.74, 6) is -0.233. The van der Waals surface area contributed by atoms with Crippen molar-refractivity contribution in [2.45, 2.75) is 446 Å². The SMILES string of the molecule is CCCCCCCCCCCCCCCCCCCCCCCCCCCCCCC(=O)NC(COC1OC(CO)C(OC2OC(CO)C(OC3OC(CO)C(O)C(O)C3O)C(O)C2O)C(O)C1O)C(O)CCCCCCCCCCCCCCCCCCCCCCC. The predicted octanol–water partition coefficient (Wildman–Crippen LogP) is 12.2. The molecule has 3 fully saturated rings. The Morgan fingerprint density at radius 3 is 0.926 bits per heavy atom. The van der Waals surface area contributed by atoms with Crippen molar-refractivity contribution in [2.75, 3.05) is 26.4 Å². The van der Waals surface area contributed by atoms with Crippen molar-refractivity contribution in [1.82, 2.24) is 5.32 Å². The second-order valence-electron chi connectivity index (χ2n) is 28.5. The third-order valence-corrected chi connectivity index (χ3v) is 20.2. The van der Waals surface area contributed by atoms with Crippen molar-refractivity contribution in [2.24, 2.45) is 0 Å². The molecule has 558 valence electrons. The maximum absolute atomic E-state index is 13.5. The number of unbranched alkanes of at least 4 members (excludes halogenated alkanes) is 47. The molecule has 19 nitrogen and oxygen atoms in total. The smallest absolute Gasteiger partial charge is 0.220 e. The van der Waals surface area contributed by atoms with Crippen LogP contribution in [0.2, 0.25) is 0 Å². The maximum atomic E-state index is 13.5. The molecule has 0 aromatic carbocycles. The van der Waals surface area contributed by atoms with Crippen LogP contribution in [0.15, 0.2) is 0 Å². The highest BCUT2D eigenvalue weighted by atomic mass is 16.8. The van der Waals surface area contributed by atoms with Crippen molar-refractivity contribution >= 4 is 5.91 Å². The summed E-state index contributed by atoms with van der Waals surface area (Å²) in [6, 6.07) is -0.883. The summed E-state index contributed by atoms with van der Waals surface area (Å²) in [5.41, 5.74) is 0. The molecule has 0 bridgehead atoms. The van der Waals surface area contributed by atoms with Gasteiger partial charge >= 0.3 is 0 Å². The van der Waals surface area contributed by atoms with Gasteiger partial charge in [-0.15, -0.1) is 0 Å². The van der Waals surface area contributed by atoms with Crippen LogP contribution in [0.1, 0.15) is 341 Å². The zero-order valence-corrected chi connectivity index (χ0v) is 59.5. The van der Waals surface area contributed by atoms with Gasteiger partial charge in [-0.3, -0.25) is 4.79 Å². The quantitative estimate of drug-likeness (QED) is 0.0252. The lowest BCUT2D eigenvalue weighted by molar-refractivity contribution is -0.379. The summed E-state index contributed by atoms with van der Waals surface area (Å²) in [5, 5.41) is 121. The van der Waals surface area contributed by atoms with Gasteiger partial charge in [0.05, 0.1) is 38.6 Å². The first-order chi connectivity index (χ1) is 45.8. The molecule has 0 aromatic heterocycles. The lowest BCUT2D eigenvalue weighted by Crippen LogP contribution is -2.66. The molecule has 0 aromatic rings. The van der Waals surface area contributed by atoms with Gasteiger partial charge in [0.15, 0.2) is 18.9 Å². The maximum Gasteiger partial charge on any atom is 0.220 e. The summed E-state index contributed by atoms with van der Waals surface area (Å²) >= 11 is 0. The second-order valence-corrected chi connectivity index (χ2v) is 28.5. The Hall–Kier alpha value is -1.21. The largest absolute Gasteiger partial charge is 0.394 e. The molecule has 19 heteroatoms. The molecule has 12 N–H and O–H groups in total. The number of aliphatic hydroxyl groups excluding tert-OH is 11. The molecule has 17 atom stereocenters. The van der Waals surface area contributed by atoms with Gasteiger partial charge in [0.25, 0.3) is 0 Å². The van der Waals surface area contributed by atoms with E-state index in [9.17, 15) is 61.0 Å². The number of nitrogens with one attached hydrogen (secondary N) is 1. The number of rotatable bonds is 63. The molecule has 3 aliphatic heterocycles. The van der Waals surface area contributed by atoms with Gasteiger partial charge in [-0.05, 0) is 12.8 Å². The number of amides is 1. The van der Waals surface area contributed by atoms with Crippen LogP contribution in [0.4, 0.5) is 0 Å². The topological polar surface area (TPSA) is 307 Å². The van der Waals surface area contributed by atoms with E-state index < -0.39 is 124 Å². The van der Waals surface area contributed by atoms with Gasteiger partial charge in [0.1, 0.15) is 73.2 Å². The third kappa shape index (κ3) is 38.0. The summed E-state index contributed by atoms with van der Waals surface area (Å²) in [4.78, 5) is 13.5. The van der Waals surface area contributed by atoms with Crippen molar-refractivity contribution in [3.05, 3.63) is 0 Å². The van der Waals surface area contributed by atoms with Gasteiger partial charge in [-0.1, -0.05) is 322 Å². The van der Waals surface area contributed by atoms with E-state index in [-0.39, 0.29) is 18.9 Å². The Labute approximate surface area is 570 Å². The molecule has 0 radical (unpaired) electrons. The van der Waals surface area contributed by atoms with Crippen LogP contribution < -0.4 is 5.32 Å². The average molecular weight is 1350 g/mol. The minimum absolute atomic E-state index is 0.233. The molecule has 17 unspecified atom stereocenters. The Kier molecular flexibility index (Phi) is 53.1. The van der Waals surface area contributed by atoms with E-state index in [4.69, 9.17) is 28.4 Å². The van der Waals surface area contributed by atoms with E-state index in [0.717, 1.165) is 44.9 Å². The Balaban J connectivity index is 1.37. The van der Waals surface area contributed by atoms with Crippen molar-refractivity contribution in [1.29, 1.82) is 0 Å². The third-order valence-electron chi connectivity index (χ3n) is 20.2. The Morgan fingerprint density at radius 1 is 0.340 bits per heavy atom. The zero-order valence-electron chi connectivity index (χ0n) is 59.5. The summed E-state index contributed by atoms with van der Waals surface area (Å²) in [6.07, 6.45) is 37.6. The number of carbonyl (C=O) groups excluding carboxylic acids is 1. The molecular formula is C75H145NO18. The highest BCUT2D eigenvalue weighted by Crippen LogP contribution is 2.33. The molecule has 3 aliphatic rings. The van der Waals surface area contributed by atoms with E-state index in [1.165, 1.54) is 263 Å². The molecule has 1 amide bonds. The van der Waals surface area contributed by atoms with Gasteiger partial charge < -0.3 is 89.9 Å². The van der Waals surface area contributed by atoms with Crippen molar-refractivity contribution in [3.63, 3.8) is 0 Å². The van der Waals surface area contributed by atoms with Crippen LogP contribution in [0, 0.1) is 0 Å². The number of aliphatic hydroxyl groups is 11. The van der Waals surface area contributed by atoms with E-state index in [1.54, 1.807) is 0 Å². The van der Waals surface area contributed by atoms with Gasteiger partial charge in [0.2, 0.25) is 5.91 Å². The molecular weight excluding hydrogens is 1200 g/mol. The molecule has 3 rings (SSSR count). The summed E-state index contributed by atoms with van der Waals surface area (Å²) in [6.45, 7) is 1.87. The van der Waals surface area contributed by atoms with Crippen LogP contribution >= 0.6 is 0 Å². The van der Waals surface area contributed by atoms with Crippen LogP contribution in [0.5, 0.6) is 0 Å². The number of hydrogen-bond donors (Lipinski definition) is 12. The summed E-state index contributed by atoms with van der Waals surface area (Å²) < 4.78 is 34.5. The van der Waals surface area contributed by atoms with Crippen molar-refractivity contribution < 1.29 is 89.4 Å². The van der Waals surface area contributed by atoms with Crippen LogP contribution in [0.25, 0.3) is 0 Å². The molecule has 3 saturated heterocycles. The lowest BCUT2D eigenvalue weighted by Gasteiger charge is -2.48. The Morgan fingerprint density at radius 2 is 0.606 bits per heavy atom. The molecule has 94 heavy (non-hydrogen) atoms. The Bertz CT molecular complexity index is 1700. The molecule has 0 saturated carbocycles. The van der Waals surface area contributed by atoms with Crippen LogP contribution in [-0.2, 0) is 33.2 Å². The van der Waals surface area contributed by atoms with E-state index in [1.807, 2.05) is 0 Å².